The van der Waals surface area contributed by atoms with Crippen LogP contribution in [0.15, 0.2) is 140 Å². The topological polar surface area (TPSA) is 21.9 Å². The second kappa shape index (κ2) is 11.4. The van der Waals surface area contributed by atoms with Gasteiger partial charge in [0, 0.05) is 32.9 Å². The molecule has 3 aliphatic rings. The van der Waals surface area contributed by atoms with Gasteiger partial charge in [0.1, 0.15) is 22.6 Å². The molecule has 1 spiro atoms. The van der Waals surface area contributed by atoms with Crippen LogP contribution in [0.5, 0.6) is 5.75 Å². The normalized spacial score (nSPS) is 16.9. The molecular weight excluding hydrogens is 695 g/mol. The summed E-state index contributed by atoms with van der Waals surface area (Å²) in [6.07, 6.45) is 2.17. The summed E-state index contributed by atoms with van der Waals surface area (Å²) in [6.45, 7) is 13.6. The second-order valence-corrected chi connectivity index (χ2v) is 18.2. The number of ether oxygens (including phenoxy) is 1. The maximum absolute atomic E-state index is 7.95. The third kappa shape index (κ3) is 4.67. The number of aryl methyl sites for hydroxylation is 2. The van der Waals surface area contributed by atoms with Gasteiger partial charge < -0.3 is 4.74 Å². The van der Waals surface area contributed by atoms with Crippen molar-refractivity contribution in [1.29, 1.82) is 0 Å². The molecule has 6 aromatic carbocycles. The predicted molar refractivity (Wildman–Crippen MR) is 231 cm³/mol. The number of fused-ring (bicyclic) bond motifs is 5. The van der Waals surface area contributed by atoms with Gasteiger partial charge in [-0.05, 0) is 101 Å². The fourth-order valence-corrected chi connectivity index (χ4v) is 9.52. The quantitative estimate of drug-likeness (QED) is 0.165. The Labute approximate surface area is 339 Å². The molecule has 57 heavy (non-hydrogen) atoms. The van der Waals surface area contributed by atoms with Crippen LogP contribution in [0.4, 0.5) is 0 Å². The van der Waals surface area contributed by atoms with Crippen molar-refractivity contribution in [2.75, 3.05) is 0 Å². The lowest BCUT2D eigenvalue weighted by Gasteiger charge is -2.32. The van der Waals surface area contributed by atoms with Crippen molar-refractivity contribution >= 4 is 11.0 Å². The fraction of sp³-hybridized carbons (Fsp3) is 0.208. The Morgan fingerprint density at radius 1 is 0.596 bits per heavy atom. The molecule has 0 radical (unpaired) electrons. The number of hydrogen-bond acceptors (Lipinski definition) is 1. The lowest BCUT2D eigenvalue weighted by Crippen LogP contribution is -2.78. The number of hydrogen-bond donors (Lipinski definition) is 0. The molecule has 0 saturated heterocycles. The van der Waals surface area contributed by atoms with Gasteiger partial charge in [0.25, 0.3) is 0 Å². The number of nitrogens with zero attached hydrogens (tertiary/aromatic N) is 3. The van der Waals surface area contributed by atoms with Gasteiger partial charge >= 0.3 is 11.7 Å². The van der Waals surface area contributed by atoms with Crippen LogP contribution in [-0.4, -0.2) is 4.57 Å². The first-order valence-corrected chi connectivity index (χ1v) is 20.0. The van der Waals surface area contributed by atoms with Gasteiger partial charge in [0.05, 0.1) is 5.56 Å². The first kappa shape index (κ1) is 30.9. The smallest absolute Gasteiger partial charge is 0.392 e. The number of aromatic nitrogens is 3. The number of benzene rings is 6. The molecule has 4 nitrogen and oxygen atoms in total. The van der Waals surface area contributed by atoms with Gasteiger partial charge in [-0.2, -0.15) is 4.57 Å². The van der Waals surface area contributed by atoms with Crippen molar-refractivity contribution < 1.29 is 18.0 Å². The maximum Gasteiger partial charge on any atom is 0.499 e. The maximum atomic E-state index is 7.95. The van der Waals surface area contributed by atoms with Gasteiger partial charge in [0.15, 0.2) is 17.2 Å². The van der Waals surface area contributed by atoms with E-state index >= 15 is 0 Å². The third-order valence-corrected chi connectivity index (χ3v) is 12.4. The molecule has 5 heterocycles. The van der Waals surface area contributed by atoms with Gasteiger partial charge in [-0.3, -0.25) is 0 Å². The van der Waals surface area contributed by atoms with E-state index in [1.54, 1.807) is 12.1 Å². The summed E-state index contributed by atoms with van der Waals surface area (Å²) in [6, 6.07) is 47.6. The number of imidazole rings is 1. The van der Waals surface area contributed by atoms with Crippen molar-refractivity contribution in [2.45, 2.75) is 72.0 Å². The van der Waals surface area contributed by atoms with Crippen molar-refractivity contribution in [3.05, 3.63) is 167 Å². The zero-order valence-electron chi connectivity index (χ0n) is 36.5. The summed E-state index contributed by atoms with van der Waals surface area (Å²) in [5.41, 5.74) is 18.3. The molecule has 278 valence electrons. The lowest BCUT2D eigenvalue weighted by atomic mass is 9.80. The zero-order chi connectivity index (χ0) is 41.7. The van der Waals surface area contributed by atoms with Crippen molar-refractivity contribution in [2.24, 2.45) is 0 Å². The Bertz CT molecular complexity index is 3120. The zero-order valence-corrected chi connectivity index (χ0v) is 33.5. The highest BCUT2D eigenvalue weighted by atomic mass is 16.5. The van der Waals surface area contributed by atoms with Crippen LogP contribution < -0.4 is 13.9 Å². The van der Waals surface area contributed by atoms with Crippen molar-refractivity contribution in [1.82, 2.24) is 4.57 Å². The average molecular weight is 745 g/mol. The van der Waals surface area contributed by atoms with Crippen LogP contribution in [0.3, 0.4) is 0 Å². The summed E-state index contributed by atoms with van der Waals surface area (Å²) in [7, 11) is 0. The van der Waals surface area contributed by atoms with Crippen LogP contribution >= 0.6 is 0 Å². The summed E-state index contributed by atoms with van der Waals surface area (Å²) >= 11 is 0. The van der Waals surface area contributed by atoms with Gasteiger partial charge in [-0.15, -0.1) is 9.13 Å². The van der Waals surface area contributed by atoms with Crippen LogP contribution in [0.1, 0.15) is 73.5 Å². The molecule has 1 unspecified atom stereocenters. The van der Waals surface area contributed by atoms with E-state index in [0.29, 0.717) is 5.56 Å². The molecule has 8 aromatic rings. The highest BCUT2D eigenvalue weighted by Crippen LogP contribution is 2.54. The molecule has 0 saturated carbocycles. The van der Waals surface area contributed by atoms with Crippen LogP contribution in [0, 0.1) is 13.8 Å². The van der Waals surface area contributed by atoms with Gasteiger partial charge in [0.2, 0.25) is 5.69 Å². The highest BCUT2D eigenvalue weighted by molar-refractivity contribution is 5.98. The van der Waals surface area contributed by atoms with E-state index in [9.17, 15) is 0 Å². The standard InChI is InChI=1S/C53H47N3O/c1-32-16-19-34(20-17-32)36-26-27-54-46(29-36)43-31-38(52(6,7)8)30-42-39-13-11-14-45-49(39)56-50(40-12-9-10-15-47(40)57-53(54,56)48(42)43)55(45)44-25-18-33(2)28-41(44)35-21-23-37(24-22-35)51(3,4)5/h9-31H,1-8H3/q+2/i1D3. The Balaban J connectivity index is 1.25. The minimum Gasteiger partial charge on any atom is -0.392 e. The average Bonchev–Trinajstić information content (AvgIpc) is 3.71. The minimum atomic E-state index is -2.16. The molecule has 3 aliphatic heterocycles. The fourth-order valence-electron chi connectivity index (χ4n) is 9.52. The van der Waals surface area contributed by atoms with E-state index in [-0.39, 0.29) is 10.8 Å². The molecule has 4 heteroatoms. The van der Waals surface area contributed by atoms with E-state index in [1.807, 2.05) is 12.1 Å². The minimum absolute atomic E-state index is 0.0466. The van der Waals surface area contributed by atoms with Gasteiger partial charge in [-0.1, -0.05) is 125 Å². The summed E-state index contributed by atoms with van der Waals surface area (Å²) in [5, 5.41) is 0. The van der Waals surface area contributed by atoms with E-state index in [2.05, 4.69) is 178 Å². The monoisotopic (exact) mass is 744 g/mol. The van der Waals surface area contributed by atoms with Gasteiger partial charge in [-0.25, -0.2) is 0 Å². The third-order valence-electron chi connectivity index (χ3n) is 12.4. The summed E-state index contributed by atoms with van der Waals surface area (Å²) in [4.78, 5) is 0. The molecule has 11 rings (SSSR count). The Kier molecular flexibility index (Phi) is 6.19. The van der Waals surface area contributed by atoms with E-state index < -0.39 is 12.7 Å². The Morgan fingerprint density at radius 2 is 1.30 bits per heavy atom. The van der Waals surface area contributed by atoms with E-state index in [1.165, 1.54) is 38.9 Å². The predicted octanol–water partition coefficient (Wildman–Crippen LogP) is 12.0. The molecule has 0 amide bonds. The number of rotatable bonds is 3. The van der Waals surface area contributed by atoms with E-state index in [4.69, 9.17) is 8.85 Å². The van der Waals surface area contributed by atoms with Crippen LogP contribution in [0.2, 0.25) is 0 Å². The first-order valence-electron chi connectivity index (χ1n) is 21.5. The number of para-hydroxylation sites is 2. The van der Waals surface area contributed by atoms with Crippen LogP contribution in [-0.2, 0) is 16.7 Å². The van der Waals surface area contributed by atoms with Crippen LogP contribution in [0.25, 0.3) is 72.7 Å². The SMILES string of the molecule is [2H]C([2H])([2H])c1ccc(-c2cc[n+]3c(c2)-c2cc(C(C)(C)C)cc4c2C32Oc3ccccc3-c3n(-c5ccc(C)cc5-c5ccc(C(C)(C)C)cc5)c5cccc-4c5[n+]32)cc1. The molecular formula is C53H47N3O+2. The molecule has 2 aromatic heterocycles. The molecule has 0 N–H and O–H groups in total. The molecule has 0 bridgehead atoms. The first-order chi connectivity index (χ1) is 28.5. The van der Waals surface area contributed by atoms with E-state index in [0.717, 1.165) is 61.8 Å². The lowest BCUT2D eigenvalue weighted by molar-refractivity contribution is -0.997. The molecule has 1 atom stereocenters. The second-order valence-electron chi connectivity index (χ2n) is 18.2. The number of pyridine rings is 1. The van der Waals surface area contributed by atoms with Crippen molar-refractivity contribution in [3.8, 4) is 67.5 Å². The molecule has 0 fully saturated rings. The highest BCUT2D eigenvalue weighted by Gasteiger charge is 2.68. The summed E-state index contributed by atoms with van der Waals surface area (Å²) < 4.78 is 38.7. The molecule has 0 aliphatic carbocycles. The Hall–Kier alpha value is -6.26. The Morgan fingerprint density at radius 3 is 2.05 bits per heavy atom. The largest absolute Gasteiger partial charge is 0.499 e. The van der Waals surface area contributed by atoms with Crippen molar-refractivity contribution in [3.63, 3.8) is 0 Å². The summed E-state index contributed by atoms with van der Waals surface area (Å²) in [5.74, 6) is 0.785.